The number of phenolic OH excluding ortho intramolecular Hbond substituents is 1. The molecular formula is C38H40Cl2N6O6. The molecule has 2 heterocycles. The largest absolute Gasteiger partial charge is 0.506 e. The Kier molecular flexibility index (Phi) is 11.6. The molecule has 0 unspecified atom stereocenters. The highest BCUT2D eigenvalue weighted by Crippen LogP contribution is 2.31. The molecule has 0 aliphatic heterocycles. The number of nitrogens with one attached hydrogen (secondary N) is 3. The number of hydrogen-bond acceptors (Lipinski definition) is 7. The van der Waals surface area contributed by atoms with Crippen molar-refractivity contribution in [3.05, 3.63) is 127 Å². The van der Waals surface area contributed by atoms with Gasteiger partial charge in [-0.15, -0.1) is 0 Å². The Bertz CT molecular complexity index is 2190. The Morgan fingerprint density at radius 2 is 1.67 bits per heavy atom. The summed E-state index contributed by atoms with van der Waals surface area (Å²) in [6.07, 6.45) is 0. The monoisotopic (exact) mass is 746 g/mol. The second kappa shape index (κ2) is 15.9. The van der Waals surface area contributed by atoms with Gasteiger partial charge in [0.05, 0.1) is 28.7 Å². The van der Waals surface area contributed by atoms with Crippen LogP contribution in [-0.4, -0.2) is 49.7 Å². The van der Waals surface area contributed by atoms with Crippen LogP contribution in [-0.2, 0) is 18.6 Å². The number of hydrogen-bond donors (Lipinski definition) is 5. The number of aliphatic hydroxyl groups is 1. The van der Waals surface area contributed by atoms with Crippen LogP contribution in [0.15, 0.2) is 77.6 Å². The number of carbonyl (C=O) groups is 2. The predicted octanol–water partition coefficient (Wildman–Crippen LogP) is 6.57. The normalized spacial score (nSPS) is 11.3. The number of aryl methyl sites for hydroxylation is 2. The summed E-state index contributed by atoms with van der Waals surface area (Å²) in [6.45, 7) is 9.71. The van der Waals surface area contributed by atoms with Crippen molar-refractivity contribution in [2.24, 2.45) is 0 Å². The average Bonchev–Trinajstić information content (AvgIpc) is 3.54. The number of rotatable bonds is 11. The molecule has 2 aromatic heterocycles. The van der Waals surface area contributed by atoms with Crippen LogP contribution in [0.4, 0.5) is 10.6 Å². The number of aromatic hydroxyl groups is 1. The summed E-state index contributed by atoms with van der Waals surface area (Å²) in [5, 5.41) is 32.3. The van der Waals surface area contributed by atoms with Crippen molar-refractivity contribution in [2.45, 2.75) is 53.2 Å². The predicted molar refractivity (Wildman–Crippen MR) is 202 cm³/mol. The topological polar surface area (TPSA) is 160 Å². The van der Waals surface area contributed by atoms with E-state index in [0.717, 1.165) is 22.4 Å². The van der Waals surface area contributed by atoms with Crippen LogP contribution >= 0.6 is 23.2 Å². The molecule has 12 nitrogen and oxygen atoms in total. The van der Waals surface area contributed by atoms with Crippen molar-refractivity contribution >= 4 is 41.0 Å². The number of ether oxygens (including phenoxy) is 1. The minimum absolute atomic E-state index is 0.0589. The van der Waals surface area contributed by atoms with Crippen LogP contribution in [0.3, 0.4) is 0 Å². The minimum Gasteiger partial charge on any atom is -0.506 e. The molecule has 3 aromatic carbocycles. The van der Waals surface area contributed by atoms with Gasteiger partial charge in [0.15, 0.2) is 0 Å². The van der Waals surface area contributed by atoms with Gasteiger partial charge in [-0.1, -0.05) is 74.3 Å². The molecule has 0 saturated carbocycles. The van der Waals surface area contributed by atoms with Crippen molar-refractivity contribution in [1.29, 1.82) is 0 Å². The molecule has 0 saturated heterocycles. The number of halogens is 2. The Balaban J connectivity index is 1.31. The van der Waals surface area contributed by atoms with Gasteiger partial charge in [0.25, 0.3) is 11.5 Å². The average molecular weight is 748 g/mol. The number of carbonyl (C=O) groups excluding carboxylic acids is 2. The summed E-state index contributed by atoms with van der Waals surface area (Å²) in [6, 6.07) is 20.0. The van der Waals surface area contributed by atoms with Gasteiger partial charge >= 0.3 is 6.03 Å². The third kappa shape index (κ3) is 8.59. The lowest BCUT2D eigenvalue weighted by Crippen LogP contribution is -2.29. The lowest BCUT2D eigenvalue weighted by molar-refractivity contribution is 0.0944. The Labute approximate surface area is 311 Å². The van der Waals surface area contributed by atoms with Gasteiger partial charge in [-0.05, 0) is 54.8 Å². The first-order valence-electron chi connectivity index (χ1n) is 16.4. The second-order valence-corrected chi connectivity index (χ2v) is 13.9. The van der Waals surface area contributed by atoms with E-state index in [9.17, 15) is 19.5 Å². The van der Waals surface area contributed by atoms with Gasteiger partial charge in [0, 0.05) is 48.0 Å². The van der Waals surface area contributed by atoms with E-state index in [1.807, 2.05) is 52.0 Å². The molecule has 14 heteroatoms. The number of aromatic nitrogens is 3. The van der Waals surface area contributed by atoms with Gasteiger partial charge in [-0.25, -0.2) is 9.48 Å². The van der Waals surface area contributed by atoms with E-state index in [1.165, 1.54) is 15.3 Å². The number of urea groups is 1. The van der Waals surface area contributed by atoms with E-state index in [4.69, 9.17) is 33.0 Å². The van der Waals surface area contributed by atoms with E-state index < -0.39 is 11.6 Å². The molecule has 0 spiro atoms. The first-order valence-corrected chi connectivity index (χ1v) is 17.2. The van der Waals surface area contributed by atoms with Crippen LogP contribution in [0.1, 0.15) is 59.2 Å². The second-order valence-electron chi connectivity index (χ2n) is 13.2. The van der Waals surface area contributed by atoms with Crippen molar-refractivity contribution in [3.8, 4) is 22.9 Å². The van der Waals surface area contributed by atoms with E-state index in [1.54, 1.807) is 49.4 Å². The molecule has 272 valence electrons. The van der Waals surface area contributed by atoms with E-state index >= 15 is 0 Å². The molecule has 0 radical (unpaired) electrons. The zero-order valence-corrected chi connectivity index (χ0v) is 30.9. The first-order chi connectivity index (χ1) is 24.7. The SMILES string of the molecule is Cc1ccc(C(=O)NCCO)cc1-n1c(C)cc(OCc2ccccc2CNC(=O)Nc2cc(C(C)(C)C)nn2-c2ccc(Cl)c(O)c2)c(Cl)c1=O. The van der Waals surface area contributed by atoms with Gasteiger partial charge < -0.3 is 25.6 Å². The zero-order chi connectivity index (χ0) is 37.7. The Morgan fingerprint density at radius 3 is 2.37 bits per heavy atom. The minimum atomic E-state index is -0.512. The summed E-state index contributed by atoms with van der Waals surface area (Å²) in [5.41, 5.74) is 4.06. The number of aliphatic hydroxyl groups excluding tert-OH is 1. The quantitative estimate of drug-likeness (QED) is 0.102. The molecule has 5 aromatic rings. The molecule has 52 heavy (non-hydrogen) atoms. The molecule has 0 aliphatic rings. The van der Waals surface area contributed by atoms with Crippen molar-refractivity contribution < 1.29 is 24.5 Å². The van der Waals surface area contributed by atoms with Gasteiger partial charge in [-0.2, -0.15) is 5.10 Å². The van der Waals surface area contributed by atoms with Crippen LogP contribution in [0.2, 0.25) is 10.0 Å². The summed E-state index contributed by atoms with van der Waals surface area (Å²) >= 11 is 12.6. The highest BCUT2D eigenvalue weighted by Gasteiger charge is 2.22. The van der Waals surface area contributed by atoms with E-state index in [-0.39, 0.29) is 59.2 Å². The van der Waals surface area contributed by atoms with E-state index in [0.29, 0.717) is 28.5 Å². The molecule has 0 fully saturated rings. The maximum atomic E-state index is 13.6. The lowest BCUT2D eigenvalue weighted by Gasteiger charge is -2.18. The number of anilines is 1. The fourth-order valence-corrected chi connectivity index (χ4v) is 5.69. The first kappa shape index (κ1) is 37.9. The lowest BCUT2D eigenvalue weighted by atomic mass is 9.92. The van der Waals surface area contributed by atoms with Crippen LogP contribution in [0.25, 0.3) is 11.4 Å². The molecular weight excluding hydrogens is 707 g/mol. The van der Waals surface area contributed by atoms with Crippen molar-refractivity contribution in [1.82, 2.24) is 25.0 Å². The highest BCUT2D eigenvalue weighted by atomic mass is 35.5. The fraction of sp³-hybridized carbons (Fsp3) is 0.263. The molecule has 0 bridgehead atoms. The van der Waals surface area contributed by atoms with Crippen molar-refractivity contribution in [3.63, 3.8) is 0 Å². The number of phenols is 1. The number of amides is 3. The van der Waals surface area contributed by atoms with Crippen molar-refractivity contribution in [2.75, 3.05) is 18.5 Å². The summed E-state index contributed by atoms with van der Waals surface area (Å²) < 4.78 is 9.03. The summed E-state index contributed by atoms with van der Waals surface area (Å²) in [5.74, 6) is 0.0949. The molecule has 3 amide bonds. The van der Waals surface area contributed by atoms with Crippen LogP contribution in [0, 0.1) is 13.8 Å². The Hall–Kier alpha value is -5.30. The fourth-order valence-electron chi connectivity index (χ4n) is 5.38. The highest BCUT2D eigenvalue weighted by molar-refractivity contribution is 6.32. The smallest absolute Gasteiger partial charge is 0.320 e. The number of pyridine rings is 1. The maximum Gasteiger partial charge on any atom is 0.320 e. The maximum absolute atomic E-state index is 13.6. The number of benzene rings is 3. The van der Waals surface area contributed by atoms with E-state index in [2.05, 4.69) is 21.0 Å². The zero-order valence-electron chi connectivity index (χ0n) is 29.4. The summed E-state index contributed by atoms with van der Waals surface area (Å²) in [7, 11) is 0. The third-order valence-electron chi connectivity index (χ3n) is 8.24. The van der Waals surface area contributed by atoms with Gasteiger partial charge in [-0.3, -0.25) is 19.5 Å². The van der Waals surface area contributed by atoms with Gasteiger partial charge in [0.2, 0.25) is 0 Å². The van der Waals surface area contributed by atoms with Crippen LogP contribution < -0.4 is 26.2 Å². The third-order valence-corrected chi connectivity index (χ3v) is 8.91. The number of nitrogens with zero attached hydrogens (tertiary/aromatic N) is 3. The Morgan fingerprint density at radius 1 is 0.942 bits per heavy atom. The standard InChI is InChI=1S/C38H40Cl2N6O6/c1-22-10-11-24(35(49)41-14-15-47)17-29(22)45-23(2)16-31(34(40)36(45)50)52-21-26-9-7-6-8-25(26)20-42-37(51)43-33-19-32(38(3,4)5)44-46(33)27-12-13-28(39)30(48)18-27/h6-13,16-19,47-48H,14-15,20-21H2,1-5H3,(H,41,49)(H2,42,43,51). The molecule has 5 N–H and O–H groups in total. The van der Waals surface area contributed by atoms with Gasteiger partial charge in [0.1, 0.15) is 28.9 Å². The van der Waals surface area contributed by atoms with Crippen LogP contribution in [0.5, 0.6) is 11.5 Å². The molecule has 5 rings (SSSR count). The molecule has 0 atom stereocenters. The molecule has 0 aliphatic carbocycles. The summed E-state index contributed by atoms with van der Waals surface area (Å²) in [4.78, 5) is 39.3.